The Morgan fingerprint density at radius 1 is 1.13 bits per heavy atom. The number of hydrogen-bond acceptors (Lipinski definition) is 6. The molecule has 0 aliphatic rings. The van der Waals surface area contributed by atoms with E-state index in [0.717, 1.165) is 17.3 Å². The predicted octanol–water partition coefficient (Wildman–Crippen LogP) is 7.22. The fourth-order valence-corrected chi connectivity index (χ4v) is 4.17. The molecule has 3 aromatic rings. The Morgan fingerprint density at radius 3 is 2.38 bits per heavy atom. The van der Waals surface area contributed by atoms with Gasteiger partial charge in [0.2, 0.25) is 0 Å². The lowest BCUT2D eigenvalue weighted by atomic mass is 10.1. The van der Waals surface area contributed by atoms with Crippen LogP contribution >= 0.6 is 21.9 Å². The summed E-state index contributed by atoms with van der Waals surface area (Å²) in [5.41, 5.74) is 0.960. The molecule has 1 amide bonds. The summed E-state index contributed by atoms with van der Waals surface area (Å²) in [4.78, 5) is 16.4. The first-order valence-corrected chi connectivity index (χ1v) is 15.3. The first-order chi connectivity index (χ1) is 18.0. The molecule has 8 nitrogen and oxygen atoms in total. The molecular weight excluding hydrogens is 543 g/mol. The van der Waals surface area contributed by atoms with Crippen molar-refractivity contribution >= 4 is 28.0 Å². The maximum absolute atomic E-state index is 14.0. The van der Waals surface area contributed by atoms with Crippen LogP contribution in [0.1, 0.15) is 41.5 Å². The van der Waals surface area contributed by atoms with Crippen LogP contribution in [0.3, 0.4) is 0 Å². The van der Waals surface area contributed by atoms with Crippen molar-refractivity contribution in [1.29, 1.82) is 0 Å². The van der Waals surface area contributed by atoms with Gasteiger partial charge in [-0.15, -0.1) is 10.3 Å². The lowest BCUT2D eigenvalue weighted by Crippen LogP contribution is -2.44. The summed E-state index contributed by atoms with van der Waals surface area (Å²) in [5.74, 6) is -0.371. The van der Waals surface area contributed by atoms with Crippen LogP contribution in [0.25, 0.3) is 11.3 Å². The first-order valence-electron chi connectivity index (χ1n) is 12.5. The Hall–Kier alpha value is -2.82. The summed E-state index contributed by atoms with van der Waals surface area (Å²) < 4.78 is 33.1. The molecule has 3 rings (SSSR count). The molecule has 0 bridgehead atoms. The topological polar surface area (TPSA) is 87.5 Å². The molecule has 0 aliphatic carbocycles. The number of pyridine rings is 1. The summed E-state index contributed by atoms with van der Waals surface area (Å²) >= 11 is 5.75. The molecule has 0 saturated carbocycles. The third-order valence-electron chi connectivity index (χ3n) is 5.95. The number of benzene rings is 1. The normalized spacial score (nSPS) is 13.6. The Morgan fingerprint density at radius 2 is 1.79 bits per heavy atom. The zero-order valence-electron chi connectivity index (χ0n) is 23.7. The van der Waals surface area contributed by atoms with E-state index < -0.39 is 27.8 Å². The van der Waals surface area contributed by atoms with E-state index in [-0.39, 0.29) is 21.7 Å². The molecule has 2 aromatic heterocycles. The number of rotatable bonds is 9. The highest BCUT2D eigenvalue weighted by atomic mass is 35.5. The molecule has 0 unspecified atom stereocenters. The van der Waals surface area contributed by atoms with Gasteiger partial charge in [0.15, 0.2) is 5.82 Å². The maximum Gasteiger partial charge on any atom is 0.408 e. The van der Waals surface area contributed by atoms with E-state index in [1.54, 1.807) is 16.8 Å². The minimum Gasteiger partial charge on any atom is -0.444 e. The molecule has 0 saturated heterocycles. The number of nitrogens with one attached hydrogen (secondary N) is 1. The van der Waals surface area contributed by atoms with Crippen LogP contribution in [-0.4, -0.2) is 56.4 Å². The second-order valence-electron chi connectivity index (χ2n) is 11.5. The molecule has 0 aliphatic heterocycles. The number of halogens is 2. The molecule has 0 radical (unpaired) electrons. The highest BCUT2D eigenvalue weighted by Gasteiger charge is 2.30. The highest BCUT2D eigenvalue weighted by Crippen LogP contribution is 2.53. The Kier molecular flexibility index (Phi) is 9.56. The van der Waals surface area contributed by atoms with Gasteiger partial charge in [-0.3, -0.25) is 4.68 Å². The zero-order chi connectivity index (χ0) is 29.0. The standard InChI is InChI=1S/C28H38ClFN4O4S/c1-27(2,3)38-26(35)32-21(18-36-39(7,8)28(4,5)6)17-34-14-13-24(33-34)19-9-11-22(12-10-19)37-25-23(30)15-20(29)16-31-25/h9-16,21H,17-18H2,1-8H3,(H,32,35)/t21-/m0/s1. The Balaban J connectivity index is 1.71. The Labute approximate surface area is 236 Å². The predicted molar refractivity (Wildman–Crippen MR) is 155 cm³/mol. The quantitative estimate of drug-likeness (QED) is 0.287. The number of ether oxygens (including phenoxy) is 2. The smallest absolute Gasteiger partial charge is 0.408 e. The van der Waals surface area contributed by atoms with Crippen molar-refractivity contribution in [1.82, 2.24) is 20.1 Å². The van der Waals surface area contributed by atoms with E-state index in [2.05, 4.69) is 48.7 Å². The third kappa shape index (κ3) is 9.12. The molecule has 0 fully saturated rings. The van der Waals surface area contributed by atoms with Crippen LogP contribution in [0.5, 0.6) is 11.6 Å². The molecule has 1 atom stereocenters. The summed E-state index contributed by atoms with van der Waals surface area (Å²) in [6.07, 6.45) is 6.90. The van der Waals surface area contributed by atoms with Gasteiger partial charge in [0, 0.05) is 22.7 Å². The average molecular weight is 581 g/mol. The highest BCUT2D eigenvalue weighted by molar-refractivity contribution is 8.29. The number of nitrogens with zero attached hydrogens (tertiary/aromatic N) is 3. The minimum atomic E-state index is -1.39. The summed E-state index contributed by atoms with van der Waals surface area (Å²) in [6.45, 7) is 12.6. The van der Waals surface area contributed by atoms with Crippen molar-refractivity contribution in [3.63, 3.8) is 0 Å². The van der Waals surface area contributed by atoms with Crippen molar-refractivity contribution in [3.05, 3.63) is 59.6 Å². The number of hydrogen-bond donors (Lipinski definition) is 1. The Bertz CT molecular complexity index is 1270. The van der Waals surface area contributed by atoms with Crippen LogP contribution in [-0.2, 0) is 15.5 Å². The number of amides is 1. The molecule has 1 N–H and O–H groups in total. The molecule has 11 heteroatoms. The van der Waals surface area contributed by atoms with Gasteiger partial charge >= 0.3 is 6.09 Å². The SMILES string of the molecule is CC(C)(C)OC(=O)N[C@H](COS(C)(C)C(C)(C)C)Cn1ccc(-c2ccc(Oc3ncc(Cl)cc3F)cc2)n1. The third-order valence-corrected chi connectivity index (χ3v) is 9.83. The van der Waals surface area contributed by atoms with Gasteiger partial charge in [0.25, 0.3) is 5.88 Å². The van der Waals surface area contributed by atoms with Crippen LogP contribution in [0.2, 0.25) is 5.02 Å². The van der Waals surface area contributed by atoms with Crippen LogP contribution in [0.15, 0.2) is 48.8 Å². The van der Waals surface area contributed by atoms with Crippen molar-refractivity contribution < 1.29 is 22.8 Å². The first kappa shape index (κ1) is 30.7. The monoisotopic (exact) mass is 580 g/mol. The summed E-state index contributed by atoms with van der Waals surface area (Å²) in [5, 5.41) is 7.81. The van der Waals surface area contributed by atoms with E-state index in [9.17, 15) is 9.18 Å². The van der Waals surface area contributed by atoms with E-state index in [4.69, 9.17) is 25.3 Å². The second-order valence-corrected chi connectivity index (χ2v) is 15.8. The largest absolute Gasteiger partial charge is 0.444 e. The molecule has 0 spiro atoms. The van der Waals surface area contributed by atoms with Crippen molar-refractivity contribution in [2.45, 2.75) is 64.5 Å². The van der Waals surface area contributed by atoms with E-state index in [1.165, 1.54) is 6.20 Å². The van der Waals surface area contributed by atoms with Gasteiger partial charge in [-0.2, -0.15) is 5.10 Å². The average Bonchev–Trinajstić information content (AvgIpc) is 3.26. The number of carbonyl (C=O) groups excluding carboxylic acids is 1. The summed E-state index contributed by atoms with van der Waals surface area (Å²) in [7, 11) is -1.39. The lowest BCUT2D eigenvalue weighted by Gasteiger charge is -2.44. The molecular formula is C28H38ClFN4O4S. The van der Waals surface area contributed by atoms with Gasteiger partial charge in [-0.1, -0.05) is 32.4 Å². The summed E-state index contributed by atoms with van der Waals surface area (Å²) in [6, 6.07) is 9.73. The van der Waals surface area contributed by atoms with Gasteiger partial charge in [-0.25, -0.2) is 14.2 Å². The molecule has 39 heavy (non-hydrogen) atoms. The van der Waals surface area contributed by atoms with Gasteiger partial charge in [-0.05, 0) is 69.7 Å². The van der Waals surface area contributed by atoms with Crippen LogP contribution in [0.4, 0.5) is 9.18 Å². The van der Waals surface area contributed by atoms with Crippen LogP contribution in [0, 0.1) is 5.82 Å². The van der Waals surface area contributed by atoms with Crippen molar-refractivity contribution in [2.24, 2.45) is 0 Å². The zero-order valence-corrected chi connectivity index (χ0v) is 25.3. The molecule has 1 aromatic carbocycles. The maximum atomic E-state index is 14.0. The van der Waals surface area contributed by atoms with Crippen LogP contribution < -0.4 is 10.1 Å². The number of carbonyl (C=O) groups is 1. The van der Waals surface area contributed by atoms with E-state index >= 15 is 0 Å². The van der Waals surface area contributed by atoms with E-state index in [0.29, 0.717) is 18.9 Å². The fraction of sp³-hybridized carbons (Fsp3) is 0.464. The minimum absolute atomic E-state index is 0.0202. The van der Waals surface area contributed by atoms with Gasteiger partial charge in [0.05, 0.1) is 29.9 Å². The lowest BCUT2D eigenvalue weighted by molar-refractivity contribution is 0.0482. The fourth-order valence-electron chi connectivity index (χ4n) is 3.17. The number of alkyl carbamates (subject to hydrolysis) is 1. The van der Waals surface area contributed by atoms with E-state index in [1.807, 2.05) is 45.2 Å². The van der Waals surface area contributed by atoms with Crippen molar-refractivity contribution in [3.8, 4) is 22.9 Å². The number of aromatic nitrogens is 3. The van der Waals surface area contributed by atoms with Crippen molar-refractivity contribution in [2.75, 3.05) is 19.1 Å². The molecule has 214 valence electrons. The second kappa shape index (κ2) is 12.1. The molecule has 2 heterocycles. The van der Waals surface area contributed by atoms with Gasteiger partial charge < -0.3 is 19.0 Å². The van der Waals surface area contributed by atoms with Gasteiger partial charge in [0.1, 0.15) is 11.4 Å².